The summed E-state index contributed by atoms with van der Waals surface area (Å²) >= 11 is 6.01. The summed E-state index contributed by atoms with van der Waals surface area (Å²) in [5.74, 6) is 0.115. The molecule has 2 heterocycles. The van der Waals surface area contributed by atoms with Gasteiger partial charge in [0.1, 0.15) is 6.04 Å². The maximum atomic E-state index is 13.1. The van der Waals surface area contributed by atoms with Crippen LogP contribution in [0.1, 0.15) is 46.0 Å². The van der Waals surface area contributed by atoms with Crippen LogP contribution in [0.5, 0.6) is 0 Å². The summed E-state index contributed by atoms with van der Waals surface area (Å²) < 4.78 is 28.7. The van der Waals surface area contributed by atoms with Gasteiger partial charge in [-0.3, -0.25) is 9.59 Å². The van der Waals surface area contributed by atoms with E-state index in [1.165, 1.54) is 11.0 Å². The lowest BCUT2D eigenvalue weighted by atomic mass is 10.0. The topological polar surface area (TPSA) is 86.8 Å². The minimum atomic E-state index is -3.91. The summed E-state index contributed by atoms with van der Waals surface area (Å²) in [4.78, 5) is 29.6. The predicted octanol–water partition coefficient (Wildman–Crippen LogP) is 3.80. The molecule has 2 fully saturated rings. The normalized spacial score (nSPS) is 21.6. The fourth-order valence-electron chi connectivity index (χ4n) is 5.03. The maximum Gasteiger partial charge on any atom is 0.242 e. The number of piperidine rings is 1. The van der Waals surface area contributed by atoms with Crippen LogP contribution in [0.3, 0.4) is 0 Å². The number of nitrogens with zero attached hydrogens (tertiary/aromatic N) is 2. The Kier molecular flexibility index (Phi) is 7.50. The summed E-state index contributed by atoms with van der Waals surface area (Å²) in [5, 5.41) is 2.16. The number of rotatable bonds is 7. The molecule has 0 aliphatic carbocycles. The first-order valence-electron chi connectivity index (χ1n) is 11.9. The molecule has 2 aromatic carbocycles. The lowest BCUT2D eigenvalue weighted by molar-refractivity contribution is -0.143. The molecule has 0 bridgehead atoms. The van der Waals surface area contributed by atoms with Crippen molar-refractivity contribution >= 4 is 44.2 Å². The quantitative estimate of drug-likeness (QED) is 0.620. The van der Waals surface area contributed by atoms with Crippen LogP contribution < -0.4 is 4.72 Å². The number of halogens is 1. The highest BCUT2D eigenvalue weighted by atomic mass is 35.5. The Morgan fingerprint density at radius 3 is 2.56 bits per heavy atom. The second kappa shape index (κ2) is 10.2. The van der Waals surface area contributed by atoms with E-state index >= 15 is 0 Å². The molecule has 2 aliphatic rings. The van der Waals surface area contributed by atoms with E-state index in [9.17, 15) is 18.0 Å². The molecular weight excluding hydrogens is 474 g/mol. The Morgan fingerprint density at radius 1 is 1.09 bits per heavy atom. The van der Waals surface area contributed by atoms with Crippen molar-refractivity contribution in [2.45, 2.75) is 62.9 Å². The first-order valence-corrected chi connectivity index (χ1v) is 13.8. The standard InChI is InChI=1S/C25H32ClN3O4S/c1-17(2)13-21-5-3-12-29(21)24(30)16-28-11-4-6-23(25(28)31)27-34(32,33)22-10-8-18-14-20(26)9-7-19(18)15-22/h7-10,14-15,17,21,23,27H,3-6,11-13,16H2,1-2H3/t21?,23-/m0/s1. The molecule has 7 nitrogen and oxygen atoms in total. The molecule has 0 spiro atoms. The van der Waals surface area contributed by atoms with Crippen LogP contribution in [0.4, 0.5) is 0 Å². The van der Waals surface area contributed by atoms with E-state index in [1.54, 1.807) is 30.3 Å². The molecule has 2 atom stereocenters. The molecule has 0 radical (unpaired) electrons. The van der Waals surface area contributed by atoms with Crippen molar-refractivity contribution in [3.8, 4) is 0 Å². The van der Waals surface area contributed by atoms with Crippen LogP contribution in [-0.4, -0.2) is 61.7 Å². The smallest absolute Gasteiger partial charge is 0.242 e. The molecule has 1 N–H and O–H groups in total. The highest BCUT2D eigenvalue weighted by molar-refractivity contribution is 7.89. The summed E-state index contributed by atoms with van der Waals surface area (Å²) in [6.45, 7) is 5.49. The van der Waals surface area contributed by atoms with Gasteiger partial charge in [0.2, 0.25) is 21.8 Å². The van der Waals surface area contributed by atoms with Gasteiger partial charge in [-0.15, -0.1) is 0 Å². The average Bonchev–Trinajstić information content (AvgIpc) is 3.23. The van der Waals surface area contributed by atoms with Crippen LogP contribution in [0.2, 0.25) is 5.02 Å². The SMILES string of the molecule is CC(C)CC1CCCN1C(=O)CN1CCC[C@H](NS(=O)(=O)c2ccc3cc(Cl)ccc3c2)C1=O. The molecule has 2 aliphatic heterocycles. The number of carbonyl (C=O) groups is 2. The van der Waals surface area contributed by atoms with Gasteiger partial charge in [0.25, 0.3) is 0 Å². The van der Waals surface area contributed by atoms with Gasteiger partial charge in [-0.05, 0) is 73.1 Å². The Labute approximate surface area is 206 Å². The Bertz CT molecular complexity index is 1180. The first-order chi connectivity index (χ1) is 16.1. The molecule has 2 amide bonds. The number of likely N-dealkylation sites (tertiary alicyclic amines) is 2. The largest absolute Gasteiger partial charge is 0.338 e. The third-order valence-electron chi connectivity index (χ3n) is 6.68. The van der Waals surface area contributed by atoms with E-state index < -0.39 is 16.1 Å². The summed E-state index contributed by atoms with van der Waals surface area (Å²) in [6.07, 6.45) is 3.99. The molecule has 4 rings (SSSR count). The first kappa shape index (κ1) is 24.9. The minimum Gasteiger partial charge on any atom is -0.338 e. The number of nitrogens with one attached hydrogen (secondary N) is 1. The number of carbonyl (C=O) groups excluding carboxylic acids is 2. The van der Waals surface area contributed by atoms with Crippen molar-refractivity contribution in [3.63, 3.8) is 0 Å². The van der Waals surface area contributed by atoms with E-state index in [2.05, 4.69) is 18.6 Å². The lowest BCUT2D eigenvalue weighted by Gasteiger charge is -2.34. The third kappa shape index (κ3) is 5.56. The van der Waals surface area contributed by atoms with Gasteiger partial charge >= 0.3 is 0 Å². The van der Waals surface area contributed by atoms with Gasteiger partial charge in [0.05, 0.1) is 11.4 Å². The van der Waals surface area contributed by atoms with Crippen LogP contribution in [0.15, 0.2) is 41.3 Å². The molecule has 1 unspecified atom stereocenters. The van der Waals surface area contributed by atoms with Crippen LogP contribution in [0.25, 0.3) is 10.8 Å². The lowest BCUT2D eigenvalue weighted by Crippen LogP contribution is -2.55. The molecule has 2 saturated heterocycles. The highest BCUT2D eigenvalue weighted by Gasteiger charge is 2.36. The van der Waals surface area contributed by atoms with E-state index in [4.69, 9.17) is 11.6 Å². The summed E-state index contributed by atoms with van der Waals surface area (Å²) in [6, 6.07) is 9.38. The Balaban J connectivity index is 1.43. The number of fused-ring (bicyclic) bond motifs is 1. The molecule has 184 valence electrons. The number of benzene rings is 2. The van der Waals surface area contributed by atoms with E-state index in [0.717, 1.165) is 36.6 Å². The molecule has 2 aromatic rings. The van der Waals surface area contributed by atoms with Crippen molar-refractivity contribution in [2.24, 2.45) is 5.92 Å². The van der Waals surface area contributed by atoms with Crippen molar-refractivity contribution < 1.29 is 18.0 Å². The number of hydrogen-bond acceptors (Lipinski definition) is 4. The van der Waals surface area contributed by atoms with Gasteiger partial charge in [-0.2, -0.15) is 4.72 Å². The van der Waals surface area contributed by atoms with Crippen LogP contribution in [-0.2, 0) is 19.6 Å². The van der Waals surface area contributed by atoms with E-state index in [1.807, 2.05) is 4.90 Å². The molecule has 0 saturated carbocycles. The molecular formula is C25H32ClN3O4S. The Hall–Kier alpha value is -2.16. The predicted molar refractivity (Wildman–Crippen MR) is 133 cm³/mol. The van der Waals surface area contributed by atoms with Crippen LogP contribution >= 0.6 is 11.6 Å². The fourth-order valence-corrected chi connectivity index (χ4v) is 6.47. The third-order valence-corrected chi connectivity index (χ3v) is 8.38. The van der Waals surface area contributed by atoms with E-state index in [0.29, 0.717) is 30.3 Å². The minimum absolute atomic E-state index is 0.00237. The van der Waals surface area contributed by atoms with Gasteiger partial charge < -0.3 is 9.80 Å². The van der Waals surface area contributed by atoms with Crippen molar-refractivity contribution in [3.05, 3.63) is 41.4 Å². The highest BCUT2D eigenvalue weighted by Crippen LogP contribution is 2.25. The molecule has 34 heavy (non-hydrogen) atoms. The van der Waals surface area contributed by atoms with Gasteiger partial charge in [-0.25, -0.2) is 8.42 Å². The second-order valence-corrected chi connectivity index (χ2v) is 11.9. The summed E-state index contributed by atoms with van der Waals surface area (Å²) in [5.41, 5.74) is 0. The summed E-state index contributed by atoms with van der Waals surface area (Å²) in [7, 11) is -3.91. The van der Waals surface area contributed by atoms with Crippen molar-refractivity contribution in [1.82, 2.24) is 14.5 Å². The molecule has 0 aromatic heterocycles. The zero-order valence-electron chi connectivity index (χ0n) is 19.7. The second-order valence-electron chi connectivity index (χ2n) is 9.74. The number of amides is 2. The number of sulfonamides is 1. The molecule has 9 heteroatoms. The van der Waals surface area contributed by atoms with Gasteiger partial charge in [0, 0.05) is 24.2 Å². The van der Waals surface area contributed by atoms with E-state index in [-0.39, 0.29) is 29.3 Å². The Morgan fingerprint density at radius 2 is 1.79 bits per heavy atom. The zero-order valence-corrected chi connectivity index (χ0v) is 21.2. The fraction of sp³-hybridized carbons (Fsp3) is 0.520. The van der Waals surface area contributed by atoms with Crippen LogP contribution in [0, 0.1) is 5.92 Å². The van der Waals surface area contributed by atoms with Gasteiger partial charge in [-0.1, -0.05) is 37.6 Å². The zero-order chi connectivity index (χ0) is 24.5. The number of hydrogen-bond donors (Lipinski definition) is 1. The van der Waals surface area contributed by atoms with Crippen molar-refractivity contribution in [1.29, 1.82) is 0 Å². The average molecular weight is 506 g/mol. The van der Waals surface area contributed by atoms with Crippen molar-refractivity contribution in [2.75, 3.05) is 19.6 Å². The monoisotopic (exact) mass is 505 g/mol. The van der Waals surface area contributed by atoms with Gasteiger partial charge in [0.15, 0.2) is 0 Å². The maximum absolute atomic E-state index is 13.1.